The van der Waals surface area contributed by atoms with Gasteiger partial charge in [-0.15, -0.1) is 11.3 Å². The second-order valence-electron chi connectivity index (χ2n) is 7.20. The highest BCUT2D eigenvalue weighted by atomic mass is 35.5. The van der Waals surface area contributed by atoms with Gasteiger partial charge >= 0.3 is 0 Å². The van der Waals surface area contributed by atoms with Crippen molar-refractivity contribution in [1.82, 2.24) is 4.68 Å². The zero-order valence-electron chi connectivity index (χ0n) is 17.5. The summed E-state index contributed by atoms with van der Waals surface area (Å²) >= 11 is 13.6. The Morgan fingerprint density at radius 2 is 1.80 bits per heavy atom. The maximum Gasteiger partial charge on any atom is 0.282 e. The van der Waals surface area contributed by atoms with E-state index in [1.165, 1.54) is 58.6 Å². The molecule has 0 atom stereocenters. The van der Waals surface area contributed by atoms with Crippen LogP contribution in [0.5, 0.6) is 11.5 Å². The highest BCUT2D eigenvalue weighted by Gasteiger charge is 2.22. The lowest BCUT2D eigenvalue weighted by atomic mass is 10.1. The lowest BCUT2D eigenvalue weighted by Gasteiger charge is -2.06. The predicted molar refractivity (Wildman–Crippen MR) is 132 cm³/mol. The van der Waals surface area contributed by atoms with Crippen LogP contribution in [0, 0.1) is 15.9 Å². The third-order valence-electron chi connectivity index (χ3n) is 4.98. The molecule has 0 N–H and O–H groups in total. The number of fused-ring (bicyclic) bond motifs is 1. The summed E-state index contributed by atoms with van der Waals surface area (Å²) < 4.78 is 25.5. The fraction of sp³-hybridized carbons (Fsp3) is 0.0435. The van der Waals surface area contributed by atoms with Crippen LogP contribution in [0.4, 0.5) is 15.8 Å². The van der Waals surface area contributed by atoms with Gasteiger partial charge in [-0.25, -0.2) is 14.1 Å². The van der Waals surface area contributed by atoms with Crippen molar-refractivity contribution >= 4 is 52.1 Å². The molecule has 35 heavy (non-hydrogen) atoms. The van der Waals surface area contributed by atoms with Crippen molar-refractivity contribution in [3.05, 3.63) is 96.3 Å². The molecule has 1 aliphatic heterocycles. The number of ether oxygens (including phenoxy) is 2. The summed E-state index contributed by atoms with van der Waals surface area (Å²) in [6, 6.07) is 13.6. The van der Waals surface area contributed by atoms with Gasteiger partial charge in [0.15, 0.2) is 11.5 Å². The van der Waals surface area contributed by atoms with Gasteiger partial charge in [0.05, 0.1) is 44.2 Å². The minimum absolute atomic E-state index is 0.0193. The van der Waals surface area contributed by atoms with E-state index < -0.39 is 4.92 Å². The number of aromatic nitrogens is 1. The summed E-state index contributed by atoms with van der Waals surface area (Å²) in [5.74, 6) is 0.293. The third-order valence-corrected chi connectivity index (χ3v) is 6.54. The van der Waals surface area contributed by atoms with Crippen molar-refractivity contribution in [2.45, 2.75) is 0 Å². The Labute approximate surface area is 211 Å². The molecule has 5 rings (SSSR count). The number of hydrogen-bond acceptors (Lipinski definition) is 7. The molecular formula is C23H13Cl2FN4O4S. The summed E-state index contributed by atoms with van der Waals surface area (Å²) in [5, 5.41) is 18.7. The molecule has 0 bridgehead atoms. The first kappa shape index (κ1) is 23.0. The Balaban J connectivity index is 1.66. The van der Waals surface area contributed by atoms with Crippen molar-refractivity contribution in [2.75, 3.05) is 6.79 Å². The Kier molecular flexibility index (Phi) is 6.25. The van der Waals surface area contributed by atoms with Crippen LogP contribution in [-0.4, -0.2) is 22.6 Å². The van der Waals surface area contributed by atoms with Gasteiger partial charge in [0, 0.05) is 10.9 Å². The lowest BCUT2D eigenvalue weighted by Crippen LogP contribution is -2.11. The number of halogens is 3. The van der Waals surface area contributed by atoms with E-state index in [0.29, 0.717) is 43.3 Å². The first-order chi connectivity index (χ1) is 16.9. The van der Waals surface area contributed by atoms with E-state index in [1.54, 1.807) is 18.2 Å². The van der Waals surface area contributed by atoms with E-state index in [9.17, 15) is 14.5 Å². The van der Waals surface area contributed by atoms with E-state index in [0.717, 1.165) is 0 Å². The second-order valence-corrected chi connectivity index (χ2v) is 8.85. The molecule has 1 aliphatic rings. The monoisotopic (exact) mass is 530 g/mol. The molecule has 0 saturated carbocycles. The van der Waals surface area contributed by atoms with Gasteiger partial charge in [-0.1, -0.05) is 29.3 Å². The maximum atomic E-state index is 13.3. The number of benzene rings is 3. The molecule has 0 fully saturated rings. The largest absolute Gasteiger partial charge is 0.454 e. The van der Waals surface area contributed by atoms with Gasteiger partial charge in [-0.05, 0) is 42.5 Å². The number of nitro groups is 1. The van der Waals surface area contributed by atoms with Crippen LogP contribution in [0.25, 0.3) is 11.3 Å². The van der Waals surface area contributed by atoms with Crippen LogP contribution in [0.2, 0.25) is 10.0 Å². The average molecular weight is 531 g/mol. The molecular weight excluding hydrogens is 518 g/mol. The van der Waals surface area contributed by atoms with Crippen molar-refractivity contribution in [1.29, 1.82) is 0 Å². The van der Waals surface area contributed by atoms with Gasteiger partial charge in [0.1, 0.15) is 5.82 Å². The molecule has 0 spiro atoms. The number of rotatable bonds is 5. The number of nitro benzene ring substituents is 1. The van der Waals surface area contributed by atoms with E-state index in [4.69, 9.17) is 32.7 Å². The van der Waals surface area contributed by atoms with Crippen LogP contribution >= 0.6 is 34.5 Å². The molecule has 1 aromatic heterocycles. The normalized spacial score (nSPS) is 13.1. The van der Waals surface area contributed by atoms with Crippen LogP contribution < -0.4 is 14.3 Å². The van der Waals surface area contributed by atoms with Crippen LogP contribution in [0.15, 0.2) is 70.1 Å². The standard InChI is InChI=1S/C23H13Cl2FN4O4S/c24-17-6-1-13(7-18(17)25)20-11-35-23(28-16-4-2-15(26)3-5-16)29(20)27-10-14-8-21-22(34-12-33-21)9-19(14)30(31)32/h1-11H,12H2. The topological polar surface area (TPSA) is 91.2 Å². The maximum absolute atomic E-state index is 13.3. The van der Waals surface area contributed by atoms with Crippen molar-refractivity contribution in [3.8, 4) is 22.8 Å². The lowest BCUT2D eigenvalue weighted by molar-refractivity contribution is -0.385. The second kappa shape index (κ2) is 9.49. The van der Waals surface area contributed by atoms with Crippen LogP contribution in [0.1, 0.15) is 5.56 Å². The first-order valence-electron chi connectivity index (χ1n) is 9.98. The quantitative estimate of drug-likeness (QED) is 0.169. The van der Waals surface area contributed by atoms with E-state index in [-0.39, 0.29) is 23.9 Å². The molecule has 0 amide bonds. The Morgan fingerprint density at radius 1 is 1.06 bits per heavy atom. The third kappa shape index (κ3) is 4.76. The predicted octanol–water partition coefficient (Wildman–Crippen LogP) is 6.41. The van der Waals surface area contributed by atoms with Crippen LogP contribution in [-0.2, 0) is 0 Å². The van der Waals surface area contributed by atoms with Gasteiger partial charge in [-0.3, -0.25) is 10.1 Å². The summed E-state index contributed by atoms with van der Waals surface area (Å²) in [4.78, 5) is 16.1. The zero-order chi connectivity index (χ0) is 24.5. The smallest absolute Gasteiger partial charge is 0.282 e. The Morgan fingerprint density at radius 3 is 2.51 bits per heavy atom. The summed E-state index contributed by atoms with van der Waals surface area (Å²) in [5.41, 5.74) is 1.85. The van der Waals surface area contributed by atoms with Gasteiger partial charge in [0.25, 0.3) is 5.69 Å². The summed E-state index contributed by atoms with van der Waals surface area (Å²) in [6.45, 7) is -0.0193. The molecule has 12 heteroatoms. The van der Waals surface area contributed by atoms with Crippen molar-refractivity contribution in [2.24, 2.45) is 10.1 Å². The minimum Gasteiger partial charge on any atom is -0.454 e. The minimum atomic E-state index is -0.523. The molecule has 176 valence electrons. The molecule has 0 radical (unpaired) electrons. The SMILES string of the molecule is O=[N+]([O-])c1cc2c(cc1C=Nn1c(-c3ccc(Cl)c(Cl)c3)csc1=Nc1ccc(F)cc1)OCO2. The van der Waals surface area contributed by atoms with E-state index in [1.807, 2.05) is 5.38 Å². The highest BCUT2D eigenvalue weighted by molar-refractivity contribution is 7.07. The molecule has 0 saturated heterocycles. The van der Waals surface area contributed by atoms with Crippen LogP contribution in [0.3, 0.4) is 0 Å². The number of hydrogen-bond donors (Lipinski definition) is 0. The molecule has 2 heterocycles. The number of nitrogens with zero attached hydrogens (tertiary/aromatic N) is 4. The molecule has 0 unspecified atom stereocenters. The van der Waals surface area contributed by atoms with Gasteiger partial charge in [-0.2, -0.15) is 5.10 Å². The van der Waals surface area contributed by atoms with E-state index >= 15 is 0 Å². The van der Waals surface area contributed by atoms with Crippen molar-refractivity contribution < 1.29 is 18.8 Å². The highest BCUT2D eigenvalue weighted by Crippen LogP contribution is 2.37. The zero-order valence-corrected chi connectivity index (χ0v) is 19.9. The fourth-order valence-corrected chi connectivity index (χ4v) is 4.45. The van der Waals surface area contributed by atoms with Gasteiger partial charge < -0.3 is 9.47 Å². The molecule has 0 aliphatic carbocycles. The summed E-state index contributed by atoms with van der Waals surface area (Å²) in [6.07, 6.45) is 1.34. The molecule has 3 aromatic carbocycles. The average Bonchev–Trinajstić information content (AvgIpc) is 3.46. The van der Waals surface area contributed by atoms with E-state index in [2.05, 4.69) is 10.1 Å². The van der Waals surface area contributed by atoms with Gasteiger partial charge in [0.2, 0.25) is 11.6 Å². The Hall–Kier alpha value is -3.73. The molecule has 8 nitrogen and oxygen atoms in total. The van der Waals surface area contributed by atoms with Crippen molar-refractivity contribution in [3.63, 3.8) is 0 Å². The summed E-state index contributed by atoms with van der Waals surface area (Å²) in [7, 11) is 0. The molecule has 4 aromatic rings. The first-order valence-corrected chi connectivity index (χ1v) is 11.6. The fourth-order valence-electron chi connectivity index (χ4n) is 3.30. The number of thiazole rings is 1. The Bertz CT molecular complexity index is 1550.